The quantitative estimate of drug-likeness (QED) is 0.567. The van der Waals surface area contributed by atoms with Gasteiger partial charge in [-0.2, -0.15) is 13.2 Å². The number of carbonyl (C=O) groups is 1. The number of thiophene rings is 1. The first-order valence-corrected chi connectivity index (χ1v) is 7.58. The average Bonchev–Trinajstić information content (AvgIpc) is 3.00. The number of halogens is 4. The second kappa shape index (κ2) is 8.64. The molecule has 0 saturated heterocycles. The van der Waals surface area contributed by atoms with Crippen LogP contribution < -0.4 is 16.4 Å². The predicted molar refractivity (Wildman–Crippen MR) is 87.6 cm³/mol. The van der Waals surface area contributed by atoms with E-state index in [4.69, 9.17) is 17.3 Å². The predicted octanol–water partition coefficient (Wildman–Crippen LogP) is 3.98. The number of carbonyl (C=O) groups excluding carboxylic acids is 1. The highest BCUT2D eigenvalue weighted by Crippen LogP contribution is 2.36. The van der Waals surface area contributed by atoms with Gasteiger partial charge in [-0.1, -0.05) is 17.7 Å². The van der Waals surface area contributed by atoms with E-state index in [-0.39, 0.29) is 16.4 Å². The van der Waals surface area contributed by atoms with Crippen molar-refractivity contribution in [1.82, 2.24) is 5.32 Å². The van der Waals surface area contributed by atoms with E-state index >= 15 is 0 Å². The van der Waals surface area contributed by atoms with E-state index in [1.165, 1.54) is 11.9 Å². The number of benzene rings is 1. The van der Waals surface area contributed by atoms with E-state index in [9.17, 15) is 18.0 Å². The van der Waals surface area contributed by atoms with Crippen LogP contribution in [0.25, 0.3) is 0 Å². The van der Waals surface area contributed by atoms with Gasteiger partial charge in [0.1, 0.15) is 0 Å². The standard InChI is InChI=1S/C8H8ClF3N2.C6H7NOS/c1-14-6-3-4(8(10,11)12)2-5(9)7(6)13;8-5-7-4-6-2-1-3-9-6/h2-3,14H,13H2,1H3;1-3,5H,4H2,(H,7,8). The molecule has 1 amide bonds. The zero-order chi connectivity index (χ0) is 17.5. The van der Waals surface area contributed by atoms with Gasteiger partial charge < -0.3 is 16.4 Å². The van der Waals surface area contributed by atoms with E-state index in [1.807, 2.05) is 17.5 Å². The Bertz CT molecular complexity index is 633. The average molecular weight is 366 g/mol. The number of rotatable bonds is 4. The highest BCUT2D eigenvalue weighted by atomic mass is 35.5. The molecular formula is C14H15ClF3N3OS. The summed E-state index contributed by atoms with van der Waals surface area (Å²) < 4.78 is 36.9. The van der Waals surface area contributed by atoms with Gasteiger partial charge in [0.2, 0.25) is 6.41 Å². The number of nitrogens with one attached hydrogen (secondary N) is 2. The maximum atomic E-state index is 12.3. The minimum Gasteiger partial charge on any atom is -0.396 e. The number of alkyl halides is 3. The molecule has 2 rings (SSSR count). The SMILES string of the molecule is CNc1cc(C(F)(F)F)cc(Cl)c1N.O=CNCc1cccs1. The molecule has 0 spiro atoms. The molecule has 2 aromatic rings. The number of hydrogen-bond acceptors (Lipinski definition) is 4. The largest absolute Gasteiger partial charge is 0.416 e. The van der Waals surface area contributed by atoms with Gasteiger partial charge in [-0.05, 0) is 23.6 Å². The Labute approximate surface area is 140 Å². The minimum atomic E-state index is -4.41. The van der Waals surface area contributed by atoms with Gasteiger partial charge in [0, 0.05) is 11.9 Å². The number of hydrogen-bond donors (Lipinski definition) is 3. The number of nitrogens with two attached hydrogens (primary N) is 1. The monoisotopic (exact) mass is 365 g/mol. The van der Waals surface area contributed by atoms with Gasteiger partial charge in [-0.25, -0.2) is 0 Å². The lowest BCUT2D eigenvalue weighted by atomic mass is 10.1. The Kier molecular flexibility index (Phi) is 7.18. The summed E-state index contributed by atoms with van der Waals surface area (Å²) in [6.45, 7) is 0.654. The van der Waals surface area contributed by atoms with E-state index in [0.717, 1.165) is 12.1 Å². The first-order chi connectivity index (χ1) is 10.8. The molecule has 1 aromatic heterocycles. The number of amides is 1. The van der Waals surface area contributed by atoms with Crippen LogP contribution in [0.15, 0.2) is 29.6 Å². The van der Waals surface area contributed by atoms with Crippen LogP contribution >= 0.6 is 22.9 Å². The van der Waals surface area contributed by atoms with Gasteiger partial charge in [0.05, 0.1) is 28.5 Å². The van der Waals surface area contributed by atoms with E-state index in [0.29, 0.717) is 13.0 Å². The molecule has 0 bridgehead atoms. The van der Waals surface area contributed by atoms with Crippen LogP contribution in [-0.2, 0) is 17.5 Å². The number of anilines is 2. The summed E-state index contributed by atoms with van der Waals surface area (Å²) in [5.41, 5.74) is 4.91. The Hall–Kier alpha value is -1.93. The highest BCUT2D eigenvalue weighted by Gasteiger charge is 2.31. The smallest absolute Gasteiger partial charge is 0.396 e. The zero-order valence-electron chi connectivity index (χ0n) is 12.1. The van der Waals surface area contributed by atoms with Crippen molar-refractivity contribution < 1.29 is 18.0 Å². The zero-order valence-corrected chi connectivity index (χ0v) is 13.6. The second-order valence-corrected chi connectivity index (χ2v) is 5.68. The summed E-state index contributed by atoms with van der Waals surface area (Å²) in [5.74, 6) is 0. The van der Waals surface area contributed by atoms with Crippen molar-refractivity contribution in [1.29, 1.82) is 0 Å². The molecule has 0 saturated carbocycles. The molecule has 0 aliphatic carbocycles. The van der Waals surface area contributed by atoms with Crippen LogP contribution in [0.1, 0.15) is 10.4 Å². The first kappa shape index (κ1) is 19.1. The third kappa shape index (κ3) is 5.99. The summed E-state index contributed by atoms with van der Waals surface area (Å²) in [4.78, 5) is 11.0. The molecule has 0 aliphatic heterocycles. The molecule has 0 fully saturated rings. The van der Waals surface area contributed by atoms with Gasteiger partial charge in [-0.15, -0.1) is 11.3 Å². The lowest BCUT2D eigenvalue weighted by molar-refractivity contribution is -0.137. The fourth-order valence-electron chi connectivity index (χ4n) is 1.54. The summed E-state index contributed by atoms with van der Waals surface area (Å²) in [6, 6.07) is 5.67. The molecule has 1 heterocycles. The molecule has 9 heteroatoms. The van der Waals surface area contributed by atoms with Crippen molar-refractivity contribution in [2.45, 2.75) is 12.7 Å². The van der Waals surface area contributed by atoms with Gasteiger partial charge in [0.25, 0.3) is 0 Å². The van der Waals surface area contributed by atoms with Crippen LogP contribution in [0.3, 0.4) is 0 Å². The van der Waals surface area contributed by atoms with Crippen LogP contribution in [0, 0.1) is 0 Å². The van der Waals surface area contributed by atoms with Crippen molar-refractivity contribution in [2.75, 3.05) is 18.1 Å². The summed E-state index contributed by atoms with van der Waals surface area (Å²) >= 11 is 7.18. The summed E-state index contributed by atoms with van der Waals surface area (Å²) in [7, 11) is 1.47. The molecule has 1 aromatic carbocycles. The molecule has 0 radical (unpaired) electrons. The van der Waals surface area contributed by atoms with Gasteiger partial charge >= 0.3 is 6.18 Å². The Morgan fingerprint density at radius 3 is 2.57 bits per heavy atom. The molecular weight excluding hydrogens is 351 g/mol. The van der Waals surface area contributed by atoms with Crippen LogP contribution in [0.5, 0.6) is 0 Å². The fourth-order valence-corrected chi connectivity index (χ4v) is 2.42. The lowest BCUT2D eigenvalue weighted by Crippen LogP contribution is -2.07. The fraction of sp³-hybridized carbons (Fsp3) is 0.214. The lowest BCUT2D eigenvalue weighted by Gasteiger charge is -2.12. The van der Waals surface area contributed by atoms with E-state index < -0.39 is 11.7 Å². The van der Waals surface area contributed by atoms with Crippen molar-refractivity contribution >= 4 is 40.7 Å². The molecule has 126 valence electrons. The summed E-state index contributed by atoms with van der Waals surface area (Å²) in [5, 5.41) is 7.00. The Balaban J connectivity index is 0.000000253. The summed E-state index contributed by atoms with van der Waals surface area (Å²) in [6.07, 6.45) is -3.71. The van der Waals surface area contributed by atoms with Crippen LogP contribution in [0.2, 0.25) is 5.02 Å². The van der Waals surface area contributed by atoms with Gasteiger partial charge in [0.15, 0.2) is 0 Å². The van der Waals surface area contributed by atoms with E-state index in [1.54, 1.807) is 11.3 Å². The van der Waals surface area contributed by atoms with Crippen molar-refractivity contribution in [3.05, 3.63) is 45.1 Å². The Morgan fingerprint density at radius 2 is 2.09 bits per heavy atom. The number of nitrogen functional groups attached to an aromatic ring is 1. The maximum Gasteiger partial charge on any atom is 0.416 e. The normalized spacial score (nSPS) is 10.5. The molecule has 0 aliphatic rings. The maximum absolute atomic E-state index is 12.3. The second-order valence-electron chi connectivity index (χ2n) is 4.25. The highest BCUT2D eigenvalue weighted by molar-refractivity contribution is 7.09. The Morgan fingerprint density at radius 1 is 1.39 bits per heavy atom. The van der Waals surface area contributed by atoms with Crippen molar-refractivity contribution in [3.8, 4) is 0 Å². The van der Waals surface area contributed by atoms with Crippen molar-refractivity contribution in [2.24, 2.45) is 0 Å². The molecule has 4 N–H and O–H groups in total. The van der Waals surface area contributed by atoms with Crippen molar-refractivity contribution in [3.63, 3.8) is 0 Å². The first-order valence-electron chi connectivity index (χ1n) is 6.33. The van der Waals surface area contributed by atoms with Crippen LogP contribution in [0.4, 0.5) is 24.5 Å². The molecule has 0 atom stereocenters. The van der Waals surface area contributed by atoms with Crippen LogP contribution in [-0.4, -0.2) is 13.5 Å². The van der Waals surface area contributed by atoms with E-state index in [2.05, 4.69) is 10.6 Å². The molecule has 23 heavy (non-hydrogen) atoms. The van der Waals surface area contributed by atoms with Gasteiger partial charge in [-0.3, -0.25) is 4.79 Å². The topological polar surface area (TPSA) is 67.1 Å². The molecule has 4 nitrogen and oxygen atoms in total. The third-order valence-corrected chi connectivity index (χ3v) is 3.86. The molecule has 0 unspecified atom stereocenters. The minimum absolute atomic E-state index is 0.107. The third-order valence-electron chi connectivity index (χ3n) is 2.67.